The SMILES string of the molecule is COC(=O)C1=CN(Cc2ccc(Cl)cc2)C=C(C(=O)OC)C1c1ccc(OC)c(OC)c1. The lowest BCUT2D eigenvalue weighted by Crippen LogP contribution is -2.28. The predicted octanol–water partition coefficient (Wildman–Crippen LogP) is 4.07. The summed E-state index contributed by atoms with van der Waals surface area (Å²) in [5, 5.41) is 0.623. The topological polar surface area (TPSA) is 74.3 Å². The van der Waals surface area contributed by atoms with E-state index >= 15 is 0 Å². The highest BCUT2D eigenvalue weighted by Crippen LogP contribution is 2.40. The molecule has 0 radical (unpaired) electrons. The zero-order valence-electron chi connectivity index (χ0n) is 18.3. The highest BCUT2D eigenvalue weighted by molar-refractivity contribution is 6.30. The van der Waals surface area contributed by atoms with Crippen molar-refractivity contribution in [3.05, 3.63) is 82.2 Å². The van der Waals surface area contributed by atoms with Crippen LogP contribution in [-0.2, 0) is 25.6 Å². The van der Waals surface area contributed by atoms with E-state index in [9.17, 15) is 9.59 Å². The Labute approximate surface area is 191 Å². The molecule has 0 amide bonds. The van der Waals surface area contributed by atoms with Gasteiger partial charge in [0.2, 0.25) is 0 Å². The normalized spacial score (nSPS) is 13.7. The molecule has 0 bridgehead atoms. The van der Waals surface area contributed by atoms with Crippen LogP contribution in [0.4, 0.5) is 0 Å². The van der Waals surface area contributed by atoms with E-state index in [-0.39, 0.29) is 11.1 Å². The van der Waals surface area contributed by atoms with Crippen LogP contribution in [0.2, 0.25) is 5.02 Å². The molecular formula is C24H24ClNO6. The van der Waals surface area contributed by atoms with E-state index in [0.717, 1.165) is 5.56 Å². The van der Waals surface area contributed by atoms with Crippen LogP contribution in [0.15, 0.2) is 66.0 Å². The van der Waals surface area contributed by atoms with E-state index in [4.69, 9.17) is 30.5 Å². The maximum absolute atomic E-state index is 12.8. The zero-order valence-corrected chi connectivity index (χ0v) is 19.0. The number of rotatable bonds is 7. The van der Waals surface area contributed by atoms with E-state index in [1.807, 2.05) is 12.1 Å². The largest absolute Gasteiger partial charge is 0.493 e. The number of hydrogen-bond donors (Lipinski definition) is 0. The predicted molar refractivity (Wildman–Crippen MR) is 119 cm³/mol. The molecular weight excluding hydrogens is 434 g/mol. The van der Waals surface area contributed by atoms with Crippen LogP contribution in [0.1, 0.15) is 17.0 Å². The Kier molecular flexibility index (Phi) is 7.43. The third kappa shape index (κ3) is 4.89. The molecule has 0 fully saturated rings. The molecule has 32 heavy (non-hydrogen) atoms. The van der Waals surface area contributed by atoms with E-state index in [2.05, 4.69) is 0 Å². The summed E-state index contributed by atoms with van der Waals surface area (Å²) in [6.07, 6.45) is 3.35. The van der Waals surface area contributed by atoms with Gasteiger partial charge in [0, 0.05) is 24.0 Å². The Morgan fingerprint density at radius 1 is 0.844 bits per heavy atom. The van der Waals surface area contributed by atoms with Crippen molar-refractivity contribution in [1.29, 1.82) is 0 Å². The van der Waals surface area contributed by atoms with Gasteiger partial charge in [0.25, 0.3) is 0 Å². The molecule has 0 unspecified atom stereocenters. The third-order valence-electron chi connectivity index (χ3n) is 5.09. The average Bonchev–Trinajstić information content (AvgIpc) is 2.83. The standard InChI is InChI=1S/C24H24ClNO6/c1-29-20-10-7-16(11-21(20)30-2)22-18(23(27)31-3)13-26(14-19(22)24(28)32-4)12-15-5-8-17(25)9-6-15/h5-11,13-14,22H,12H2,1-4H3. The van der Waals surface area contributed by atoms with Gasteiger partial charge in [-0.3, -0.25) is 0 Å². The minimum absolute atomic E-state index is 0.289. The highest BCUT2D eigenvalue weighted by atomic mass is 35.5. The molecule has 2 aromatic rings. The van der Waals surface area contributed by atoms with Crippen molar-refractivity contribution in [2.24, 2.45) is 0 Å². The molecule has 0 aliphatic carbocycles. The van der Waals surface area contributed by atoms with Crippen molar-refractivity contribution >= 4 is 23.5 Å². The van der Waals surface area contributed by atoms with E-state index in [0.29, 0.717) is 28.6 Å². The number of carbonyl (C=O) groups excluding carboxylic acids is 2. The first-order valence-corrected chi connectivity index (χ1v) is 10.1. The first-order chi connectivity index (χ1) is 15.4. The molecule has 168 valence electrons. The van der Waals surface area contributed by atoms with Gasteiger partial charge in [0.05, 0.1) is 45.5 Å². The van der Waals surface area contributed by atoms with E-state index in [1.54, 1.807) is 47.6 Å². The van der Waals surface area contributed by atoms with Crippen LogP contribution in [0.5, 0.6) is 11.5 Å². The first kappa shape index (κ1) is 23.2. The average molecular weight is 458 g/mol. The summed E-state index contributed by atoms with van der Waals surface area (Å²) in [6, 6.07) is 12.5. The van der Waals surface area contributed by atoms with Gasteiger partial charge in [-0.1, -0.05) is 29.8 Å². The Balaban J connectivity index is 2.10. The smallest absolute Gasteiger partial charge is 0.336 e. The van der Waals surface area contributed by atoms with Crippen LogP contribution in [-0.4, -0.2) is 45.3 Å². The van der Waals surface area contributed by atoms with Crippen molar-refractivity contribution in [2.75, 3.05) is 28.4 Å². The minimum Gasteiger partial charge on any atom is -0.493 e. The Morgan fingerprint density at radius 3 is 1.91 bits per heavy atom. The second kappa shape index (κ2) is 10.2. The van der Waals surface area contributed by atoms with Crippen molar-refractivity contribution in [3.8, 4) is 11.5 Å². The van der Waals surface area contributed by atoms with Crippen LogP contribution < -0.4 is 9.47 Å². The van der Waals surface area contributed by atoms with Gasteiger partial charge in [-0.05, 0) is 35.4 Å². The molecule has 3 rings (SSSR count). The maximum Gasteiger partial charge on any atom is 0.336 e. The fourth-order valence-electron chi connectivity index (χ4n) is 3.57. The number of benzene rings is 2. The lowest BCUT2D eigenvalue weighted by Gasteiger charge is -2.30. The molecule has 0 spiro atoms. The summed E-state index contributed by atoms with van der Waals surface area (Å²) < 4.78 is 20.8. The monoisotopic (exact) mass is 457 g/mol. The van der Waals surface area contributed by atoms with Crippen molar-refractivity contribution in [1.82, 2.24) is 4.90 Å². The summed E-state index contributed by atoms with van der Waals surface area (Å²) >= 11 is 5.98. The molecule has 1 aliphatic rings. The number of methoxy groups -OCH3 is 4. The van der Waals surface area contributed by atoms with E-state index in [1.165, 1.54) is 28.4 Å². The van der Waals surface area contributed by atoms with Gasteiger partial charge in [-0.2, -0.15) is 0 Å². The molecule has 7 nitrogen and oxygen atoms in total. The number of ether oxygens (including phenoxy) is 4. The molecule has 0 atom stereocenters. The van der Waals surface area contributed by atoms with E-state index < -0.39 is 17.9 Å². The summed E-state index contributed by atoms with van der Waals surface area (Å²) in [7, 11) is 5.65. The summed E-state index contributed by atoms with van der Waals surface area (Å²) in [4.78, 5) is 27.3. The van der Waals surface area contributed by atoms with Gasteiger partial charge in [-0.25, -0.2) is 9.59 Å². The third-order valence-corrected chi connectivity index (χ3v) is 5.35. The molecule has 1 heterocycles. The van der Waals surface area contributed by atoms with Crippen molar-refractivity contribution in [2.45, 2.75) is 12.5 Å². The summed E-state index contributed by atoms with van der Waals surface area (Å²) in [5.74, 6) is -0.817. The fraction of sp³-hybridized carbons (Fsp3) is 0.250. The van der Waals surface area contributed by atoms with Gasteiger partial charge in [-0.15, -0.1) is 0 Å². The first-order valence-electron chi connectivity index (χ1n) is 9.74. The maximum atomic E-state index is 12.8. The van der Waals surface area contributed by atoms with Gasteiger partial charge < -0.3 is 23.8 Å². The summed E-state index contributed by atoms with van der Waals surface area (Å²) in [5.41, 5.74) is 2.18. The molecule has 0 saturated heterocycles. The van der Waals surface area contributed by atoms with Gasteiger partial charge in [0.1, 0.15) is 0 Å². The number of esters is 2. The Hall–Kier alpha value is -3.45. The Bertz CT molecular complexity index is 1030. The molecule has 0 aromatic heterocycles. The van der Waals surface area contributed by atoms with Crippen LogP contribution in [0.3, 0.4) is 0 Å². The van der Waals surface area contributed by atoms with Crippen molar-refractivity contribution < 1.29 is 28.5 Å². The zero-order chi connectivity index (χ0) is 23.3. The van der Waals surface area contributed by atoms with Crippen LogP contribution in [0.25, 0.3) is 0 Å². The number of halogens is 1. The number of carbonyl (C=O) groups is 2. The Morgan fingerprint density at radius 2 is 1.41 bits per heavy atom. The fourth-order valence-corrected chi connectivity index (χ4v) is 3.70. The van der Waals surface area contributed by atoms with Crippen LogP contribution in [0, 0.1) is 0 Å². The molecule has 2 aromatic carbocycles. The highest BCUT2D eigenvalue weighted by Gasteiger charge is 2.35. The molecule has 0 N–H and O–H groups in total. The van der Waals surface area contributed by atoms with Crippen molar-refractivity contribution in [3.63, 3.8) is 0 Å². The summed E-state index contributed by atoms with van der Waals surface area (Å²) in [6.45, 7) is 0.414. The molecule has 1 aliphatic heterocycles. The minimum atomic E-state index is -0.712. The van der Waals surface area contributed by atoms with Gasteiger partial charge in [0.15, 0.2) is 11.5 Å². The van der Waals surface area contributed by atoms with Crippen LogP contribution >= 0.6 is 11.6 Å². The number of hydrogen-bond acceptors (Lipinski definition) is 7. The lowest BCUT2D eigenvalue weighted by atomic mass is 9.83. The molecule has 0 saturated carbocycles. The second-order valence-corrected chi connectivity index (χ2v) is 7.43. The second-order valence-electron chi connectivity index (χ2n) is 7.00. The van der Waals surface area contributed by atoms with Gasteiger partial charge >= 0.3 is 11.9 Å². The number of nitrogens with zero attached hydrogens (tertiary/aromatic N) is 1. The quantitative estimate of drug-likeness (QED) is 0.580. The lowest BCUT2D eigenvalue weighted by molar-refractivity contribution is -0.137. The molecule has 8 heteroatoms.